The zero-order chi connectivity index (χ0) is 23.1. The molecule has 0 aliphatic carbocycles. The van der Waals surface area contributed by atoms with Crippen LogP contribution < -0.4 is 0 Å². The monoisotopic (exact) mass is 442 g/mol. The Balaban J connectivity index is 0.000000913. The van der Waals surface area contributed by atoms with Crippen LogP contribution in [0.15, 0.2) is 48.5 Å². The van der Waals surface area contributed by atoms with Gasteiger partial charge in [-0.2, -0.15) is 0 Å². The number of nitrogens with zero attached hydrogens (tertiary/aromatic N) is 2. The molecule has 32 heavy (non-hydrogen) atoms. The number of benzene rings is 2. The third-order valence-corrected chi connectivity index (χ3v) is 6.15. The molecule has 0 saturated carbocycles. The number of carbonyl (C=O) groups excluding carboxylic acids is 2. The Hall–Kier alpha value is -3.42. The van der Waals surface area contributed by atoms with Crippen LogP contribution in [0.2, 0.25) is 0 Å². The molecule has 0 bridgehead atoms. The van der Waals surface area contributed by atoms with Gasteiger partial charge in [-0.1, -0.05) is 30.3 Å². The largest absolute Gasteiger partial charge is 0.505 e. The fourth-order valence-electron chi connectivity index (χ4n) is 4.64. The van der Waals surface area contributed by atoms with Crippen LogP contribution in [0.1, 0.15) is 41.6 Å². The fourth-order valence-corrected chi connectivity index (χ4v) is 4.64. The van der Waals surface area contributed by atoms with E-state index >= 15 is 0 Å². The van der Waals surface area contributed by atoms with Gasteiger partial charge in [0.25, 0.3) is 12.4 Å². The molecule has 2 aromatic carbocycles. The molecule has 4 rings (SSSR count). The first kappa shape index (κ1) is 23.2. The van der Waals surface area contributed by atoms with Crippen LogP contribution in [0.4, 0.5) is 4.39 Å². The van der Waals surface area contributed by atoms with Gasteiger partial charge in [0.05, 0.1) is 0 Å². The van der Waals surface area contributed by atoms with Crippen molar-refractivity contribution in [3.05, 3.63) is 65.5 Å². The number of phenolic OH excluding ortho intramolecular Hbond substituents is 1. The van der Waals surface area contributed by atoms with E-state index in [-0.39, 0.29) is 23.9 Å². The Bertz CT molecular complexity index is 968. The van der Waals surface area contributed by atoms with Crippen molar-refractivity contribution in [3.8, 4) is 5.75 Å². The predicted octanol–water partition coefficient (Wildman–Crippen LogP) is 3.07. The van der Waals surface area contributed by atoms with E-state index in [2.05, 4.69) is 12.1 Å². The van der Waals surface area contributed by atoms with E-state index in [1.807, 2.05) is 23.1 Å². The normalized spacial score (nSPS) is 20.1. The lowest BCUT2D eigenvalue weighted by Crippen LogP contribution is -2.61. The third-order valence-electron chi connectivity index (χ3n) is 6.15. The highest BCUT2D eigenvalue weighted by molar-refractivity contribution is 6.00. The first-order chi connectivity index (χ1) is 15.4. The average molecular weight is 442 g/mol. The van der Waals surface area contributed by atoms with Crippen LogP contribution in [0.5, 0.6) is 5.75 Å². The summed E-state index contributed by atoms with van der Waals surface area (Å²) in [5.41, 5.74) is 0.509. The minimum absolute atomic E-state index is 0.00443. The molecule has 170 valence electrons. The number of carbonyl (C=O) groups is 3. The van der Waals surface area contributed by atoms with Crippen molar-refractivity contribution >= 4 is 18.3 Å². The summed E-state index contributed by atoms with van der Waals surface area (Å²) in [5.74, 6) is -1.66. The second-order valence-electron chi connectivity index (χ2n) is 7.99. The molecule has 2 amide bonds. The number of carboxylic acid groups (broad SMARTS) is 1. The second-order valence-corrected chi connectivity index (χ2v) is 7.99. The van der Waals surface area contributed by atoms with Crippen molar-refractivity contribution < 1.29 is 29.0 Å². The Morgan fingerprint density at radius 2 is 1.75 bits per heavy atom. The molecule has 2 heterocycles. The molecule has 0 radical (unpaired) electrons. The van der Waals surface area contributed by atoms with Crippen molar-refractivity contribution in [2.75, 3.05) is 19.6 Å². The van der Waals surface area contributed by atoms with Gasteiger partial charge in [-0.15, -0.1) is 0 Å². The lowest BCUT2D eigenvalue weighted by atomic mass is 9.84. The minimum atomic E-state index is -0.833. The maximum atomic E-state index is 13.8. The van der Waals surface area contributed by atoms with Crippen LogP contribution in [0.25, 0.3) is 0 Å². The van der Waals surface area contributed by atoms with Crippen molar-refractivity contribution in [1.82, 2.24) is 9.80 Å². The Labute approximate surface area is 186 Å². The maximum absolute atomic E-state index is 13.8. The Kier molecular flexibility index (Phi) is 7.45. The first-order valence-corrected chi connectivity index (χ1v) is 10.6. The number of likely N-dealkylation sites (tertiary alicyclic amines) is 2. The van der Waals surface area contributed by atoms with E-state index in [9.17, 15) is 19.1 Å². The minimum Gasteiger partial charge on any atom is -0.505 e. The van der Waals surface area contributed by atoms with Gasteiger partial charge >= 0.3 is 0 Å². The lowest BCUT2D eigenvalue weighted by Gasteiger charge is -2.44. The summed E-state index contributed by atoms with van der Waals surface area (Å²) in [6.07, 6.45) is 3.65. The van der Waals surface area contributed by atoms with Crippen molar-refractivity contribution in [1.29, 1.82) is 0 Å². The number of halogens is 1. The predicted molar refractivity (Wildman–Crippen MR) is 116 cm³/mol. The number of rotatable bonds is 4. The van der Waals surface area contributed by atoms with Crippen molar-refractivity contribution in [2.45, 2.75) is 37.6 Å². The van der Waals surface area contributed by atoms with Gasteiger partial charge in [0.1, 0.15) is 5.54 Å². The van der Waals surface area contributed by atoms with Crippen molar-refractivity contribution in [2.24, 2.45) is 0 Å². The molecule has 0 aromatic heterocycles. The van der Waals surface area contributed by atoms with Gasteiger partial charge in [-0.25, -0.2) is 4.39 Å². The molecular weight excluding hydrogens is 415 g/mol. The highest BCUT2D eigenvalue weighted by Gasteiger charge is 2.52. The summed E-state index contributed by atoms with van der Waals surface area (Å²) in [6, 6.07) is 13.7. The van der Waals surface area contributed by atoms with E-state index in [1.165, 1.54) is 17.7 Å². The van der Waals surface area contributed by atoms with Crippen LogP contribution in [0.3, 0.4) is 0 Å². The summed E-state index contributed by atoms with van der Waals surface area (Å²) in [7, 11) is 0. The van der Waals surface area contributed by atoms with Crippen LogP contribution in [0, 0.1) is 5.82 Å². The molecule has 1 unspecified atom stereocenters. The second kappa shape index (κ2) is 10.3. The summed E-state index contributed by atoms with van der Waals surface area (Å²) in [5, 5.41) is 16.3. The van der Waals surface area contributed by atoms with E-state index in [0.717, 1.165) is 25.3 Å². The zero-order valence-electron chi connectivity index (χ0n) is 17.7. The highest BCUT2D eigenvalue weighted by atomic mass is 19.1. The van der Waals surface area contributed by atoms with Crippen LogP contribution >= 0.6 is 0 Å². The molecule has 2 aliphatic rings. The van der Waals surface area contributed by atoms with Crippen LogP contribution in [-0.2, 0) is 16.0 Å². The molecular formula is C24H27FN2O5. The number of piperidine rings is 1. The standard InChI is InChI=1S/C23H25FN2O3.CH2O2/c24-19-16-18(8-9-20(19)27)21(28)26-14-5-12-23(26)11-4-13-25(22(23)29)15-10-17-6-2-1-3-7-17;2-1-3/h1-3,6-9,16,27H,4-5,10-15H2;1H,(H,2,3). The molecule has 7 nitrogen and oxygen atoms in total. The van der Waals surface area contributed by atoms with E-state index in [0.29, 0.717) is 32.5 Å². The van der Waals surface area contributed by atoms with Crippen molar-refractivity contribution in [3.63, 3.8) is 0 Å². The summed E-state index contributed by atoms with van der Waals surface area (Å²) in [6.45, 7) is 1.56. The smallest absolute Gasteiger partial charge is 0.290 e. The number of hydrogen-bond acceptors (Lipinski definition) is 4. The van der Waals surface area contributed by atoms with Gasteiger partial charge in [0.15, 0.2) is 11.6 Å². The summed E-state index contributed by atoms with van der Waals surface area (Å²) < 4.78 is 13.8. The quantitative estimate of drug-likeness (QED) is 0.710. The molecule has 2 aliphatic heterocycles. The third kappa shape index (κ3) is 4.74. The number of hydrogen-bond donors (Lipinski definition) is 2. The molecule has 2 N–H and O–H groups in total. The average Bonchev–Trinajstić information content (AvgIpc) is 3.22. The summed E-state index contributed by atoms with van der Waals surface area (Å²) in [4.78, 5) is 38.4. The van der Waals surface area contributed by atoms with E-state index in [1.54, 1.807) is 4.90 Å². The van der Waals surface area contributed by atoms with Gasteiger partial charge in [-0.05, 0) is 55.9 Å². The van der Waals surface area contributed by atoms with E-state index in [4.69, 9.17) is 9.90 Å². The molecule has 8 heteroatoms. The lowest BCUT2D eigenvalue weighted by molar-refractivity contribution is -0.145. The molecule has 2 fully saturated rings. The SMILES string of the molecule is O=C(c1ccc(O)c(F)c1)N1CCCC12CCCN(CCc1ccccc1)C2=O.O=CO. The number of amides is 2. The first-order valence-electron chi connectivity index (χ1n) is 10.6. The summed E-state index contributed by atoms with van der Waals surface area (Å²) >= 11 is 0. The molecule has 2 aromatic rings. The van der Waals surface area contributed by atoms with E-state index < -0.39 is 17.1 Å². The zero-order valence-corrected chi connectivity index (χ0v) is 17.7. The van der Waals surface area contributed by atoms with Gasteiger partial charge < -0.3 is 20.0 Å². The topological polar surface area (TPSA) is 98.2 Å². The van der Waals surface area contributed by atoms with Gasteiger partial charge in [-0.3, -0.25) is 14.4 Å². The molecule has 1 spiro atoms. The number of aromatic hydroxyl groups is 1. The Morgan fingerprint density at radius 3 is 2.41 bits per heavy atom. The molecule has 1 atom stereocenters. The Morgan fingerprint density at radius 1 is 1.09 bits per heavy atom. The maximum Gasteiger partial charge on any atom is 0.290 e. The van der Waals surface area contributed by atoms with Crippen LogP contribution in [-0.4, -0.2) is 63.5 Å². The fraction of sp³-hybridized carbons (Fsp3) is 0.375. The van der Waals surface area contributed by atoms with Gasteiger partial charge in [0.2, 0.25) is 5.91 Å². The molecule has 2 saturated heterocycles. The highest BCUT2D eigenvalue weighted by Crippen LogP contribution is 2.39. The number of phenols is 1. The van der Waals surface area contributed by atoms with Gasteiger partial charge in [0, 0.05) is 25.2 Å².